The van der Waals surface area contributed by atoms with Gasteiger partial charge in [0.25, 0.3) is 0 Å². The molecule has 0 radical (unpaired) electrons. The smallest absolute Gasteiger partial charge is 0.387 e. The van der Waals surface area contributed by atoms with E-state index in [9.17, 15) is 19.4 Å². The summed E-state index contributed by atoms with van der Waals surface area (Å²) >= 11 is 0. The first-order chi connectivity index (χ1) is 38.5. The van der Waals surface area contributed by atoms with E-state index in [4.69, 9.17) is 9.05 Å². The lowest BCUT2D eigenvalue weighted by Crippen LogP contribution is -2.45. The van der Waals surface area contributed by atoms with Gasteiger partial charge in [0.05, 0.1) is 39.9 Å². The molecule has 0 aliphatic heterocycles. The van der Waals surface area contributed by atoms with Gasteiger partial charge in [-0.05, 0) is 64.2 Å². The number of quaternary nitrogens is 1. The number of allylic oxidation sites excluding steroid dienone is 11. The molecule has 0 aromatic heterocycles. The highest BCUT2D eigenvalue weighted by atomic mass is 31.2. The monoisotopic (exact) mass is 1130 g/mol. The third-order valence-corrected chi connectivity index (χ3v) is 16.2. The number of carbonyl (C=O) groups excluding carboxylic acids is 1. The lowest BCUT2D eigenvalue weighted by Gasteiger charge is -2.25. The van der Waals surface area contributed by atoms with Crippen molar-refractivity contribution in [1.82, 2.24) is 5.32 Å². The number of aliphatic hydroxyl groups excluding tert-OH is 1. The van der Waals surface area contributed by atoms with Crippen LogP contribution in [-0.2, 0) is 18.4 Å². The zero-order valence-corrected chi connectivity index (χ0v) is 53.8. The molecular weight excluding hydrogens is 996 g/mol. The summed E-state index contributed by atoms with van der Waals surface area (Å²) in [4.78, 5) is 23.4. The van der Waals surface area contributed by atoms with Crippen LogP contribution in [0.1, 0.15) is 316 Å². The molecule has 0 spiro atoms. The molecule has 9 heteroatoms. The summed E-state index contributed by atoms with van der Waals surface area (Å²) in [6, 6.07) is -0.856. The van der Waals surface area contributed by atoms with Crippen LogP contribution >= 0.6 is 7.82 Å². The zero-order valence-electron chi connectivity index (χ0n) is 52.9. The van der Waals surface area contributed by atoms with Gasteiger partial charge in [-0.25, -0.2) is 4.57 Å². The van der Waals surface area contributed by atoms with Gasteiger partial charge in [0, 0.05) is 6.42 Å². The minimum atomic E-state index is -4.36. The van der Waals surface area contributed by atoms with Crippen LogP contribution in [0.4, 0.5) is 0 Å². The Morgan fingerprint density at radius 2 is 0.759 bits per heavy atom. The second kappa shape index (κ2) is 60.5. The molecule has 0 rings (SSSR count). The minimum absolute atomic E-state index is 0.0578. The Labute approximate surface area is 491 Å². The minimum Gasteiger partial charge on any atom is -0.387 e. The Hall–Kier alpha value is -2.06. The van der Waals surface area contributed by atoms with Crippen LogP contribution < -0.4 is 5.32 Å². The molecule has 3 atom stereocenters. The highest BCUT2D eigenvalue weighted by Gasteiger charge is 2.28. The van der Waals surface area contributed by atoms with Crippen LogP contribution in [0.25, 0.3) is 0 Å². The highest BCUT2D eigenvalue weighted by molar-refractivity contribution is 7.47. The highest BCUT2D eigenvalue weighted by Crippen LogP contribution is 2.43. The first-order valence-electron chi connectivity index (χ1n) is 33.8. The van der Waals surface area contributed by atoms with Crippen molar-refractivity contribution in [3.8, 4) is 0 Å². The molecule has 0 saturated heterocycles. The van der Waals surface area contributed by atoms with E-state index in [1.807, 2.05) is 27.2 Å². The molecule has 79 heavy (non-hydrogen) atoms. The van der Waals surface area contributed by atoms with Crippen molar-refractivity contribution < 1.29 is 32.9 Å². The number of rotatable bonds is 62. The second-order valence-electron chi connectivity index (χ2n) is 24.2. The molecule has 0 aromatic rings. The van der Waals surface area contributed by atoms with Gasteiger partial charge in [-0.1, -0.05) is 318 Å². The average molecular weight is 1130 g/mol. The molecule has 0 heterocycles. The van der Waals surface area contributed by atoms with Gasteiger partial charge in [-0.2, -0.15) is 0 Å². The van der Waals surface area contributed by atoms with E-state index in [0.29, 0.717) is 17.4 Å². The third-order valence-electron chi connectivity index (χ3n) is 15.2. The van der Waals surface area contributed by atoms with Gasteiger partial charge in [0.2, 0.25) is 5.91 Å². The molecule has 0 aliphatic rings. The molecular formula is C70H132N2O6P+. The summed E-state index contributed by atoms with van der Waals surface area (Å²) in [6.07, 6.45) is 84.7. The number of phosphoric ester groups is 1. The lowest BCUT2D eigenvalue weighted by molar-refractivity contribution is -0.870. The van der Waals surface area contributed by atoms with Crippen LogP contribution in [0.15, 0.2) is 72.9 Å². The molecule has 462 valence electrons. The number of amides is 1. The molecule has 0 bridgehead atoms. The number of nitrogens with one attached hydrogen (secondary N) is 1. The quantitative estimate of drug-likeness (QED) is 0.0243. The summed E-state index contributed by atoms with van der Waals surface area (Å²) < 4.78 is 23.8. The Morgan fingerprint density at radius 3 is 1.11 bits per heavy atom. The van der Waals surface area contributed by atoms with Crippen molar-refractivity contribution in [2.45, 2.75) is 328 Å². The fourth-order valence-electron chi connectivity index (χ4n) is 9.96. The topological polar surface area (TPSA) is 105 Å². The van der Waals surface area contributed by atoms with Crippen LogP contribution in [0.2, 0.25) is 0 Å². The first kappa shape index (κ1) is 76.9. The number of carbonyl (C=O) groups is 1. The number of phosphoric acid groups is 1. The predicted octanol–water partition coefficient (Wildman–Crippen LogP) is 21.4. The van der Waals surface area contributed by atoms with Gasteiger partial charge in [0.1, 0.15) is 13.2 Å². The Balaban J connectivity index is 4.10. The van der Waals surface area contributed by atoms with Crippen molar-refractivity contribution in [1.29, 1.82) is 0 Å². The maximum Gasteiger partial charge on any atom is 0.472 e. The van der Waals surface area contributed by atoms with E-state index in [0.717, 1.165) is 77.0 Å². The number of aliphatic hydroxyl groups is 1. The van der Waals surface area contributed by atoms with Crippen LogP contribution in [0.5, 0.6) is 0 Å². The van der Waals surface area contributed by atoms with E-state index in [-0.39, 0.29) is 19.1 Å². The van der Waals surface area contributed by atoms with Crippen LogP contribution in [-0.4, -0.2) is 73.4 Å². The van der Waals surface area contributed by atoms with E-state index < -0.39 is 20.0 Å². The molecule has 0 aromatic carbocycles. The number of nitrogens with zero attached hydrogens (tertiary/aromatic N) is 1. The second-order valence-corrected chi connectivity index (χ2v) is 25.6. The average Bonchev–Trinajstić information content (AvgIpc) is 3.42. The van der Waals surface area contributed by atoms with Gasteiger partial charge >= 0.3 is 7.82 Å². The van der Waals surface area contributed by atoms with Crippen LogP contribution in [0.3, 0.4) is 0 Å². The number of unbranched alkanes of at least 4 members (excludes halogenated alkanes) is 39. The number of likely N-dealkylation sites (N-methyl/N-ethyl adjacent to an activating group) is 1. The first-order valence-corrected chi connectivity index (χ1v) is 35.3. The third kappa shape index (κ3) is 63.4. The molecule has 3 unspecified atom stereocenters. The molecule has 1 amide bonds. The molecule has 0 saturated carbocycles. The van der Waals surface area contributed by atoms with Gasteiger partial charge < -0.3 is 19.8 Å². The van der Waals surface area contributed by atoms with Crippen molar-refractivity contribution in [2.75, 3.05) is 40.9 Å². The largest absolute Gasteiger partial charge is 0.472 e. The van der Waals surface area contributed by atoms with Gasteiger partial charge in [-0.3, -0.25) is 13.8 Å². The summed E-state index contributed by atoms with van der Waals surface area (Å²) in [7, 11) is 1.57. The van der Waals surface area contributed by atoms with E-state index >= 15 is 0 Å². The van der Waals surface area contributed by atoms with Crippen molar-refractivity contribution >= 4 is 13.7 Å². The van der Waals surface area contributed by atoms with Crippen molar-refractivity contribution in [3.05, 3.63) is 72.9 Å². The molecule has 8 nitrogen and oxygen atoms in total. The van der Waals surface area contributed by atoms with E-state index in [2.05, 4.69) is 79.9 Å². The maximum atomic E-state index is 13.0. The van der Waals surface area contributed by atoms with E-state index in [1.165, 1.54) is 218 Å². The summed E-state index contributed by atoms with van der Waals surface area (Å²) in [5.74, 6) is -0.182. The normalized spacial score (nSPS) is 14.2. The Bertz CT molecular complexity index is 1520. The summed E-state index contributed by atoms with van der Waals surface area (Å²) in [5, 5.41) is 14.0. The standard InChI is InChI=1S/C70H131N2O6P/c1-6-8-10-12-14-16-18-20-22-24-26-28-30-32-33-34-35-36-37-38-40-41-43-45-47-49-51-53-55-57-59-61-63-69(73)68(67-78-79(75,76)77-66-65-72(3,4)5)71-70(74)64-62-60-58-56-54-52-50-48-46-44-42-39-31-29-27-25-23-21-19-17-15-13-11-9-7-2/h9,11,15,17,21,23,27,29,39,42,61,63,68-69,73H,6-8,10,12-14,16,18-20,22,24-26,28,30-38,40-41,43-60,62,64-67H2,1-5H3,(H-,71,74,75,76)/p+1/b11-9-,17-15-,23-21-,29-27-,42-39-,63-61+. The van der Waals surface area contributed by atoms with Crippen molar-refractivity contribution in [3.63, 3.8) is 0 Å². The fraction of sp³-hybridized carbons (Fsp3) is 0.814. The Kier molecular flexibility index (Phi) is 59.0. The molecule has 0 fully saturated rings. The SMILES string of the molecule is CC/C=C\C/C=C\C/C=C\C/C=C\C/C=C\CCCCCCCCCCCC(=O)NC(COP(=O)(O)OCC[N+](C)(C)C)C(O)/C=C/CCCCCCCCCCCCCCCCCCCCCCCCCCCCCCCC. The fourth-order valence-corrected chi connectivity index (χ4v) is 10.7. The summed E-state index contributed by atoms with van der Waals surface area (Å²) in [6.45, 7) is 4.73. The lowest BCUT2D eigenvalue weighted by atomic mass is 10.0. The van der Waals surface area contributed by atoms with Crippen molar-refractivity contribution in [2.24, 2.45) is 0 Å². The number of hydrogen-bond acceptors (Lipinski definition) is 5. The summed E-state index contributed by atoms with van der Waals surface area (Å²) in [5.41, 5.74) is 0. The van der Waals surface area contributed by atoms with Gasteiger partial charge in [0.15, 0.2) is 0 Å². The Morgan fingerprint density at radius 1 is 0.443 bits per heavy atom. The maximum absolute atomic E-state index is 13.0. The van der Waals surface area contributed by atoms with Crippen LogP contribution in [0, 0.1) is 0 Å². The van der Waals surface area contributed by atoms with E-state index in [1.54, 1.807) is 6.08 Å². The molecule has 3 N–H and O–H groups in total. The van der Waals surface area contributed by atoms with Gasteiger partial charge in [-0.15, -0.1) is 0 Å². The molecule has 0 aliphatic carbocycles. The zero-order chi connectivity index (χ0) is 57.7. The number of hydrogen-bond donors (Lipinski definition) is 3. The predicted molar refractivity (Wildman–Crippen MR) is 346 cm³/mol.